The quantitative estimate of drug-likeness (QED) is 0.650. The van der Waals surface area contributed by atoms with Gasteiger partial charge in [-0.1, -0.05) is 17.7 Å². The molecular formula is C10H9ClN2O3. The summed E-state index contributed by atoms with van der Waals surface area (Å²) >= 11 is 5.70. The molecule has 1 aliphatic carbocycles. The largest absolute Gasteiger partial charge is 0.349 e. The second kappa shape index (κ2) is 4.09. The van der Waals surface area contributed by atoms with Gasteiger partial charge in [-0.15, -0.1) is 0 Å². The maximum atomic E-state index is 11.7. The molecule has 1 aliphatic rings. The fourth-order valence-electron chi connectivity index (χ4n) is 1.37. The maximum Gasteiger partial charge on any atom is 0.300 e. The summed E-state index contributed by atoms with van der Waals surface area (Å²) in [7, 11) is 0. The third-order valence-electron chi connectivity index (χ3n) is 2.33. The molecule has 1 aromatic carbocycles. The highest BCUT2D eigenvalue weighted by molar-refractivity contribution is 6.33. The highest BCUT2D eigenvalue weighted by Crippen LogP contribution is 2.29. The number of rotatable bonds is 3. The van der Waals surface area contributed by atoms with Gasteiger partial charge in [0.25, 0.3) is 5.91 Å². The molecule has 84 valence electrons. The topological polar surface area (TPSA) is 72.2 Å². The Hall–Kier alpha value is -1.62. The van der Waals surface area contributed by atoms with Gasteiger partial charge in [0.2, 0.25) is 0 Å². The van der Waals surface area contributed by atoms with Crippen LogP contribution in [0.15, 0.2) is 18.2 Å². The van der Waals surface area contributed by atoms with E-state index in [-0.39, 0.29) is 22.3 Å². The molecule has 0 saturated heterocycles. The molecule has 0 heterocycles. The lowest BCUT2D eigenvalue weighted by molar-refractivity contribution is -0.385. The van der Waals surface area contributed by atoms with E-state index < -0.39 is 10.8 Å². The summed E-state index contributed by atoms with van der Waals surface area (Å²) in [6.45, 7) is 0. The van der Waals surface area contributed by atoms with E-state index in [0.29, 0.717) is 0 Å². The van der Waals surface area contributed by atoms with Gasteiger partial charge in [0.15, 0.2) is 0 Å². The summed E-state index contributed by atoms with van der Waals surface area (Å²) in [5, 5.41) is 13.5. The number of nitro benzene ring substituents is 1. The fourth-order valence-corrected chi connectivity index (χ4v) is 1.62. The van der Waals surface area contributed by atoms with Crippen molar-refractivity contribution < 1.29 is 9.72 Å². The molecule has 0 radical (unpaired) electrons. The van der Waals surface area contributed by atoms with E-state index in [0.717, 1.165) is 12.8 Å². The first-order valence-electron chi connectivity index (χ1n) is 4.83. The Balaban J connectivity index is 2.34. The SMILES string of the molecule is O=C(NC1CC1)c1cccc(Cl)c1[N+](=O)[O-]. The Bertz CT molecular complexity index is 457. The molecule has 16 heavy (non-hydrogen) atoms. The number of hydrogen-bond acceptors (Lipinski definition) is 3. The van der Waals surface area contributed by atoms with Crippen LogP contribution in [0, 0.1) is 10.1 Å². The summed E-state index contributed by atoms with van der Waals surface area (Å²) in [6, 6.07) is 4.48. The second-order valence-electron chi connectivity index (χ2n) is 3.64. The number of benzene rings is 1. The van der Waals surface area contributed by atoms with Crippen LogP contribution in [0.5, 0.6) is 0 Å². The Morgan fingerprint density at radius 2 is 2.19 bits per heavy atom. The van der Waals surface area contributed by atoms with E-state index in [1.165, 1.54) is 18.2 Å². The Morgan fingerprint density at radius 1 is 1.50 bits per heavy atom. The molecule has 0 aromatic heterocycles. The van der Waals surface area contributed by atoms with Crippen molar-refractivity contribution in [2.75, 3.05) is 0 Å². The molecule has 0 aliphatic heterocycles. The number of nitrogens with zero attached hydrogens (tertiary/aromatic N) is 1. The molecule has 0 bridgehead atoms. The predicted molar refractivity (Wildman–Crippen MR) is 58.6 cm³/mol. The highest BCUT2D eigenvalue weighted by atomic mass is 35.5. The number of para-hydroxylation sites is 1. The first-order chi connectivity index (χ1) is 7.59. The zero-order valence-corrected chi connectivity index (χ0v) is 9.03. The Kier molecular flexibility index (Phi) is 2.78. The first kappa shape index (κ1) is 10.9. The van der Waals surface area contributed by atoms with Crippen molar-refractivity contribution in [1.82, 2.24) is 5.32 Å². The standard InChI is InChI=1S/C10H9ClN2O3/c11-8-3-1-2-7(9(8)13(15)16)10(14)12-6-4-5-6/h1-3,6H,4-5H2,(H,12,14). The van der Waals surface area contributed by atoms with Crippen LogP contribution in [0.25, 0.3) is 0 Å². The van der Waals surface area contributed by atoms with Crippen LogP contribution < -0.4 is 5.32 Å². The smallest absolute Gasteiger partial charge is 0.300 e. The van der Waals surface area contributed by atoms with Gasteiger partial charge in [-0.2, -0.15) is 0 Å². The van der Waals surface area contributed by atoms with Crippen LogP contribution >= 0.6 is 11.6 Å². The third-order valence-corrected chi connectivity index (χ3v) is 2.63. The van der Waals surface area contributed by atoms with E-state index in [4.69, 9.17) is 11.6 Å². The van der Waals surface area contributed by atoms with Gasteiger partial charge in [0.1, 0.15) is 10.6 Å². The van der Waals surface area contributed by atoms with Gasteiger partial charge >= 0.3 is 5.69 Å². The van der Waals surface area contributed by atoms with Gasteiger partial charge in [0, 0.05) is 6.04 Å². The van der Waals surface area contributed by atoms with E-state index in [9.17, 15) is 14.9 Å². The molecule has 6 heteroatoms. The van der Waals surface area contributed by atoms with Crippen molar-refractivity contribution in [3.05, 3.63) is 38.9 Å². The molecule has 1 amide bonds. The molecule has 1 aromatic rings. The lowest BCUT2D eigenvalue weighted by Gasteiger charge is -2.04. The molecule has 0 atom stereocenters. The summed E-state index contributed by atoms with van der Waals surface area (Å²) in [6.07, 6.45) is 1.86. The summed E-state index contributed by atoms with van der Waals surface area (Å²) in [5.74, 6) is -0.434. The molecule has 0 spiro atoms. The lowest BCUT2D eigenvalue weighted by Crippen LogP contribution is -2.26. The normalized spacial score (nSPS) is 14.6. The van der Waals surface area contributed by atoms with Crippen molar-refractivity contribution in [2.45, 2.75) is 18.9 Å². The summed E-state index contributed by atoms with van der Waals surface area (Å²) in [4.78, 5) is 21.9. The van der Waals surface area contributed by atoms with Gasteiger partial charge in [-0.3, -0.25) is 14.9 Å². The minimum absolute atomic E-state index is 0.0180. The molecule has 5 nitrogen and oxygen atoms in total. The minimum Gasteiger partial charge on any atom is -0.349 e. The zero-order valence-electron chi connectivity index (χ0n) is 8.27. The number of carbonyl (C=O) groups excluding carboxylic acids is 1. The minimum atomic E-state index is -0.635. The van der Waals surface area contributed by atoms with Crippen LogP contribution in [-0.4, -0.2) is 16.9 Å². The number of hydrogen-bond donors (Lipinski definition) is 1. The van der Waals surface area contributed by atoms with Gasteiger partial charge < -0.3 is 5.32 Å². The molecule has 2 rings (SSSR count). The van der Waals surface area contributed by atoms with Gasteiger partial charge in [-0.05, 0) is 25.0 Å². The van der Waals surface area contributed by atoms with E-state index in [2.05, 4.69) is 5.32 Å². The molecule has 1 fully saturated rings. The maximum absolute atomic E-state index is 11.7. The van der Waals surface area contributed by atoms with Gasteiger partial charge in [-0.25, -0.2) is 0 Å². The van der Waals surface area contributed by atoms with Crippen LogP contribution in [0.2, 0.25) is 5.02 Å². The van der Waals surface area contributed by atoms with E-state index in [1.807, 2.05) is 0 Å². The van der Waals surface area contributed by atoms with Crippen LogP contribution in [0.1, 0.15) is 23.2 Å². The van der Waals surface area contributed by atoms with Gasteiger partial charge in [0.05, 0.1) is 4.92 Å². The number of nitro groups is 1. The lowest BCUT2D eigenvalue weighted by atomic mass is 10.1. The number of amides is 1. The average Bonchev–Trinajstić information content (AvgIpc) is 3.00. The van der Waals surface area contributed by atoms with Crippen molar-refractivity contribution in [1.29, 1.82) is 0 Å². The molecule has 1 N–H and O–H groups in total. The van der Waals surface area contributed by atoms with Crippen molar-refractivity contribution >= 4 is 23.2 Å². The van der Waals surface area contributed by atoms with Crippen molar-refractivity contribution in [3.8, 4) is 0 Å². The third kappa shape index (κ3) is 2.14. The van der Waals surface area contributed by atoms with Crippen LogP contribution in [-0.2, 0) is 0 Å². The number of nitrogens with one attached hydrogen (secondary N) is 1. The van der Waals surface area contributed by atoms with Crippen LogP contribution in [0.3, 0.4) is 0 Å². The monoisotopic (exact) mass is 240 g/mol. The second-order valence-corrected chi connectivity index (χ2v) is 4.05. The van der Waals surface area contributed by atoms with E-state index in [1.54, 1.807) is 0 Å². The molecule has 0 unspecified atom stereocenters. The van der Waals surface area contributed by atoms with E-state index >= 15 is 0 Å². The van der Waals surface area contributed by atoms with Crippen LogP contribution in [0.4, 0.5) is 5.69 Å². The van der Waals surface area contributed by atoms with Crippen molar-refractivity contribution in [2.24, 2.45) is 0 Å². The molecular weight excluding hydrogens is 232 g/mol. The zero-order chi connectivity index (χ0) is 11.7. The fraction of sp³-hybridized carbons (Fsp3) is 0.300. The first-order valence-corrected chi connectivity index (χ1v) is 5.21. The van der Waals surface area contributed by atoms with Crippen molar-refractivity contribution in [3.63, 3.8) is 0 Å². The Labute approximate surface area is 96.6 Å². The highest BCUT2D eigenvalue weighted by Gasteiger charge is 2.28. The molecule has 1 saturated carbocycles. The summed E-state index contributed by atoms with van der Waals surface area (Å²) < 4.78 is 0. The number of halogens is 1. The average molecular weight is 241 g/mol. The predicted octanol–water partition coefficient (Wildman–Crippen LogP) is 2.14. The number of carbonyl (C=O) groups is 1. The summed E-state index contributed by atoms with van der Waals surface area (Å²) in [5.41, 5.74) is -0.313. The Morgan fingerprint density at radius 3 is 2.75 bits per heavy atom.